The van der Waals surface area contributed by atoms with Gasteiger partial charge in [-0.25, -0.2) is 4.39 Å². The van der Waals surface area contributed by atoms with Crippen LogP contribution in [0.1, 0.15) is 40.0 Å². The van der Waals surface area contributed by atoms with Crippen molar-refractivity contribution in [1.82, 2.24) is 0 Å². The molecule has 0 spiro atoms. The zero-order chi connectivity index (χ0) is 16.2. The van der Waals surface area contributed by atoms with E-state index in [4.69, 9.17) is 4.74 Å². The van der Waals surface area contributed by atoms with E-state index in [0.717, 1.165) is 49.1 Å². The lowest BCUT2D eigenvalue weighted by Crippen LogP contribution is -2.20. The van der Waals surface area contributed by atoms with Crippen molar-refractivity contribution in [2.75, 3.05) is 31.0 Å². The first kappa shape index (κ1) is 17.3. The summed E-state index contributed by atoms with van der Waals surface area (Å²) in [5.74, 6) is 0.463. The minimum absolute atomic E-state index is 0.113. The van der Waals surface area contributed by atoms with Crippen LogP contribution in [0.2, 0.25) is 0 Å². The molecule has 1 aliphatic rings. The quantitative estimate of drug-likeness (QED) is 0.802. The molecular weight excluding hydrogens is 300 g/mol. The van der Waals surface area contributed by atoms with Crippen LogP contribution in [-0.4, -0.2) is 25.7 Å². The van der Waals surface area contributed by atoms with E-state index in [0.29, 0.717) is 5.75 Å². The Morgan fingerprint density at radius 2 is 1.91 bits per heavy atom. The fourth-order valence-corrected chi connectivity index (χ4v) is 5.64. The van der Waals surface area contributed by atoms with Crippen molar-refractivity contribution in [2.24, 2.45) is 5.41 Å². The number of benzene rings is 1. The Hall–Kier alpha value is -1.02. The summed E-state index contributed by atoms with van der Waals surface area (Å²) >= 11 is 0. The molecule has 0 amide bonds. The zero-order valence-corrected chi connectivity index (χ0v) is 14.7. The third-order valence-corrected chi connectivity index (χ3v) is 7.29. The standard InChI is InChI=1S/C17H27FNO2P/c1-17(2,3)12-19-15-8-7-14(11-16(15)21-13-18)22(20)9-5-4-6-10-22/h7-8,11,19H,4-6,9-10,12-13H2,1-3H3. The molecule has 0 atom stereocenters. The largest absolute Gasteiger partial charge is 0.461 e. The molecule has 5 heteroatoms. The van der Waals surface area contributed by atoms with Gasteiger partial charge >= 0.3 is 0 Å². The lowest BCUT2D eigenvalue weighted by Gasteiger charge is -2.25. The monoisotopic (exact) mass is 327 g/mol. The van der Waals surface area contributed by atoms with Crippen molar-refractivity contribution >= 4 is 18.1 Å². The van der Waals surface area contributed by atoms with Gasteiger partial charge in [0.1, 0.15) is 12.9 Å². The maximum Gasteiger partial charge on any atom is 0.228 e. The molecule has 0 aliphatic carbocycles. The molecule has 3 nitrogen and oxygen atoms in total. The molecule has 124 valence electrons. The first-order chi connectivity index (χ1) is 10.3. The fraction of sp³-hybridized carbons (Fsp3) is 0.647. The van der Waals surface area contributed by atoms with Crippen molar-refractivity contribution in [2.45, 2.75) is 40.0 Å². The molecular formula is C17H27FNO2P. The SMILES string of the molecule is CC(C)(C)CNc1ccc(P2(=O)CCCCC2)cc1OCF. The molecule has 0 aromatic heterocycles. The second-order valence-electron chi connectivity index (χ2n) is 7.25. The number of ether oxygens (including phenoxy) is 1. The van der Waals surface area contributed by atoms with Crippen LogP contribution in [0.5, 0.6) is 5.75 Å². The van der Waals surface area contributed by atoms with Crippen LogP contribution in [0.4, 0.5) is 10.1 Å². The van der Waals surface area contributed by atoms with Crippen molar-refractivity contribution in [3.8, 4) is 5.75 Å². The number of hydrogen-bond donors (Lipinski definition) is 1. The van der Waals surface area contributed by atoms with E-state index in [-0.39, 0.29) is 5.41 Å². The average Bonchev–Trinajstić information content (AvgIpc) is 2.46. The molecule has 1 heterocycles. The number of alkyl halides is 1. The smallest absolute Gasteiger partial charge is 0.228 e. The second kappa shape index (κ2) is 7.04. The molecule has 0 radical (unpaired) electrons. The number of rotatable bonds is 5. The molecule has 0 bridgehead atoms. The van der Waals surface area contributed by atoms with Gasteiger partial charge in [0.25, 0.3) is 0 Å². The number of halogens is 1. The van der Waals surface area contributed by atoms with Crippen molar-refractivity contribution < 1.29 is 13.7 Å². The summed E-state index contributed by atoms with van der Waals surface area (Å²) < 4.78 is 30.9. The number of nitrogens with one attached hydrogen (secondary N) is 1. The topological polar surface area (TPSA) is 38.3 Å². The van der Waals surface area contributed by atoms with Gasteiger partial charge in [-0.05, 0) is 36.5 Å². The highest BCUT2D eigenvalue weighted by Gasteiger charge is 2.28. The lowest BCUT2D eigenvalue weighted by molar-refractivity contribution is 0.192. The van der Waals surface area contributed by atoms with Gasteiger partial charge in [-0.1, -0.05) is 27.2 Å². The van der Waals surface area contributed by atoms with Gasteiger partial charge in [0.05, 0.1) is 5.69 Å². The normalized spacial score (nSPS) is 18.0. The number of anilines is 1. The summed E-state index contributed by atoms with van der Waals surface area (Å²) in [6, 6.07) is 5.57. The Morgan fingerprint density at radius 3 is 2.50 bits per heavy atom. The number of hydrogen-bond acceptors (Lipinski definition) is 3. The van der Waals surface area contributed by atoms with Gasteiger partial charge < -0.3 is 14.6 Å². The maximum atomic E-state index is 13.1. The first-order valence-corrected chi connectivity index (χ1v) is 10.1. The van der Waals surface area contributed by atoms with Crippen LogP contribution >= 0.6 is 7.14 Å². The van der Waals surface area contributed by atoms with Crippen LogP contribution in [0, 0.1) is 5.41 Å². The molecule has 1 N–H and O–H groups in total. The van der Waals surface area contributed by atoms with Gasteiger partial charge in [-0.15, -0.1) is 0 Å². The van der Waals surface area contributed by atoms with E-state index >= 15 is 0 Å². The summed E-state index contributed by atoms with van der Waals surface area (Å²) in [7, 11) is -2.32. The Balaban J connectivity index is 2.24. The average molecular weight is 327 g/mol. The van der Waals surface area contributed by atoms with Crippen molar-refractivity contribution in [1.29, 1.82) is 0 Å². The van der Waals surface area contributed by atoms with Crippen LogP contribution in [0.25, 0.3) is 0 Å². The van der Waals surface area contributed by atoms with Gasteiger partial charge in [0, 0.05) is 24.2 Å². The minimum Gasteiger partial charge on any atom is -0.461 e. The molecule has 1 aliphatic heterocycles. The Morgan fingerprint density at radius 1 is 1.23 bits per heavy atom. The summed E-state index contributed by atoms with van der Waals surface area (Å²) in [4.78, 5) is 0. The van der Waals surface area contributed by atoms with Crippen LogP contribution < -0.4 is 15.4 Å². The Kier molecular flexibility index (Phi) is 5.55. The molecule has 1 aromatic rings. The molecule has 1 saturated heterocycles. The molecule has 0 saturated carbocycles. The van der Waals surface area contributed by atoms with Crippen molar-refractivity contribution in [3.05, 3.63) is 18.2 Å². The zero-order valence-electron chi connectivity index (χ0n) is 13.8. The van der Waals surface area contributed by atoms with E-state index in [1.807, 2.05) is 12.1 Å². The molecule has 1 aromatic carbocycles. The fourth-order valence-electron chi connectivity index (χ4n) is 2.73. The third-order valence-electron chi connectivity index (χ3n) is 3.99. The summed E-state index contributed by atoms with van der Waals surface area (Å²) in [6.45, 7) is 6.27. The summed E-state index contributed by atoms with van der Waals surface area (Å²) in [5.41, 5.74) is 0.877. The van der Waals surface area contributed by atoms with E-state index in [1.165, 1.54) is 0 Å². The van der Waals surface area contributed by atoms with E-state index in [1.54, 1.807) is 6.07 Å². The van der Waals surface area contributed by atoms with Crippen LogP contribution in [0.3, 0.4) is 0 Å². The highest BCUT2D eigenvalue weighted by molar-refractivity contribution is 7.71. The molecule has 1 fully saturated rings. The maximum absolute atomic E-state index is 13.1. The lowest BCUT2D eigenvalue weighted by atomic mass is 9.97. The van der Waals surface area contributed by atoms with Crippen LogP contribution in [0.15, 0.2) is 18.2 Å². The van der Waals surface area contributed by atoms with Gasteiger partial charge in [-0.3, -0.25) is 0 Å². The molecule has 2 rings (SSSR count). The Bertz CT molecular complexity index is 544. The molecule has 22 heavy (non-hydrogen) atoms. The van der Waals surface area contributed by atoms with Gasteiger partial charge in [0.15, 0.2) is 0 Å². The second-order valence-corrected chi connectivity index (χ2v) is 10.4. The summed E-state index contributed by atoms with van der Waals surface area (Å²) in [6.07, 6.45) is 4.71. The first-order valence-electron chi connectivity index (χ1n) is 7.99. The highest BCUT2D eigenvalue weighted by Crippen LogP contribution is 2.50. The highest BCUT2D eigenvalue weighted by atomic mass is 31.2. The van der Waals surface area contributed by atoms with E-state index in [9.17, 15) is 8.96 Å². The van der Waals surface area contributed by atoms with Gasteiger partial charge in [0.2, 0.25) is 6.86 Å². The van der Waals surface area contributed by atoms with Crippen molar-refractivity contribution in [3.63, 3.8) is 0 Å². The predicted molar refractivity (Wildman–Crippen MR) is 91.8 cm³/mol. The van der Waals surface area contributed by atoms with E-state index < -0.39 is 14.0 Å². The summed E-state index contributed by atoms with van der Waals surface area (Å²) in [5, 5.41) is 4.13. The minimum atomic E-state index is -2.32. The Labute approximate surface area is 133 Å². The predicted octanol–water partition coefficient (Wildman–Crippen LogP) is 4.62. The van der Waals surface area contributed by atoms with E-state index in [2.05, 4.69) is 26.1 Å². The van der Waals surface area contributed by atoms with Crippen LogP contribution in [-0.2, 0) is 4.57 Å². The third kappa shape index (κ3) is 4.49. The van der Waals surface area contributed by atoms with Gasteiger partial charge in [-0.2, -0.15) is 0 Å². The molecule has 0 unspecified atom stereocenters.